The summed E-state index contributed by atoms with van der Waals surface area (Å²) in [5.74, 6) is 0. The molecular weight excluding hydrogens is 260 g/mol. The molecule has 1 aromatic carbocycles. The second-order valence-electron chi connectivity index (χ2n) is 3.96. The molecule has 1 fully saturated rings. The fraction of sp³-hybridized carbons (Fsp3) is 0.455. The molecule has 0 atom stereocenters. The van der Waals surface area contributed by atoms with E-state index in [2.05, 4.69) is 0 Å². The van der Waals surface area contributed by atoms with Crippen molar-refractivity contribution >= 4 is 22.4 Å². The number of sulfonamides is 1. The van der Waals surface area contributed by atoms with Crippen LogP contribution in [0.2, 0.25) is 0 Å². The van der Waals surface area contributed by atoms with Gasteiger partial charge in [0.1, 0.15) is 0 Å². The van der Waals surface area contributed by atoms with E-state index in [9.17, 15) is 8.42 Å². The van der Waals surface area contributed by atoms with E-state index in [1.165, 1.54) is 0 Å². The molecule has 0 bridgehead atoms. The zero-order valence-corrected chi connectivity index (χ0v) is 11.1. The van der Waals surface area contributed by atoms with Gasteiger partial charge in [0.25, 0.3) is 0 Å². The van der Waals surface area contributed by atoms with Gasteiger partial charge in [0, 0.05) is 19.6 Å². The van der Waals surface area contributed by atoms with Gasteiger partial charge in [-0.2, -0.15) is 4.31 Å². The Morgan fingerprint density at radius 3 is 2.12 bits per heavy atom. The van der Waals surface area contributed by atoms with Crippen molar-refractivity contribution in [1.82, 2.24) is 4.31 Å². The Morgan fingerprint density at radius 2 is 1.65 bits per heavy atom. The Balaban J connectivity index is 0.00000144. The highest BCUT2D eigenvalue weighted by atomic mass is 35.5. The van der Waals surface area contributed by atoms with Crippen LogP contribution in [0.25, 0.3) is 0 Å². The molecule has 1 saturated heterocycles. The summed E-state index contributed by atoms with van der Waals surface area (Å²) in [6, 6.07) is 6.80. The number of nitrogens with two attached hydrogens (primary N) is 1. The summed E-state index contributed by atoms with van der Waals surface area (Å²) in [6.45, 7) is 1.71. The average molecular weight is 277 g/mol. The summed E-state index contributed by atoms with van der Waals surface area (Å²) in [4.78, 5) is 0.367. The van der Waals surface area contributed by atoms with E-state index in [4.69, 9.17) is 5.73 Å². The minimum Gasteiger partial charge on any atom is -0.326 e. The standard InChI is InChI=1S/C11H16N2O2S.ClH/c12-9-10-3-5-11(6-4-10)16(14,15)13-7-1-2-8-13;/h3-6H,1-2,7-9,12H2;1H. The second kappa shape index (κ2) is 5.82. The van der Waals surface area contributed by atoms with Gasteiger partial charge in [0.05, 0.1) is 4.90 Å². The van der Waals surface area contributed by atoms with Crippen molar-refractivity contribution in [3.8, 4) is 0 Å². The number of benzene rings is 1. The van der Waals surface area contributed by atoms with Crippen LogP contribution in [-0.4, -0.2) is 25.8 Å². The zero-order chi connectivity index (χ0) is 11.6. The predicted molar refractivity (Wildman–Crippen MR) is 69.6 cm³/mol. The number of halogens is 1. The Hall–Kier alpha value is -0.620. The van der Waals surface area contributed by atoms with Crippen molar-refractivity contribution < 1.29 is 8.42 Å². The molecule has 1 aliphatic heterocycles. The van der Waals surface area contributed by atoms with E-state index in [0.29, 0.717) is 24.5 Å². The topological polar surface area (TPSA) is 63.4 Å². The summed E-state index contributed by atoms with van der Waals surface area (Å²) in [5, 5.41) is 0. The largest absolute Gasteiger partial charge is 0.326 e. The molecule has 2 rings (SSSR count). The first-order valence-corrected chi connectivity index (χ1v) is 6.88. The molecule has 2 N–H and O–H groups in total. The Bertz CT molecular complexity index is 453. The van der Waals surface area contributed by atoms with Gasteiger partial charge in [-0.05, 0) is 30.5 Å². The first-order valence-electron chi connectivity index (χ1n) is 5.44. The Morgan fingerprint density at radius 1 is 1.12 bits per heavy atom. The van der Waals surface area contributed by atoms with E-state index in [-0.39, 0.29) is 12.4 Å². The number of rotatable bonds is 3. The molecule has 0 amide bonds. The Kier molecular flexibility index (Phi) is 4.94. The highest BCUT2D eigenvalue weighted by Gasteiger charge is 2.26. The van der Waals surface area contributed by atoms with Gasteiger partial charge in [-0.25, -0.2) is 8.42 Å². The summed E-state index contributed by atoms with van der Waals surface area (Å²) in [5.41, 5.74) is 6.42. The summed E-state index contributed by atoms with van der Waals surface area (Å²) in [6.07, 6.45) is 1.92. The zero-order valence-electron chi connectivity index (χ0n) is 9.50. The van der Waals surface area contributed by atoms with Crippen LogP contribution in [0, 0.1) is 0 Å². The molecule has 0 radical (unpaired) electrons. The molecule has 0 aromatic heterocycles. The van der Waals surface area contributed by atoms with Crippen molar-refractivity contribution in [1.29, 1.82) is 0 Å². The lowest BCUT2D eigenvalue weighted by Gasteiger charge is -2.15. The number of hydrogen-bond donors (Lipinski definition) is 1. The fourth-order valence-electron chi connectivity index (χ4n) is 1.88. The van der Waals surface area contributed by atoms with Gasteiger partial charge >= 0.3 is 0 Å². The maximum Gasteiger partial charge on any atom is 0.243 e. The SMILES string of the molecule is Cl.NCc1ccc(S(=O)(=O)N2CCCC2)cc1. The van der Waals surface area contributed by atoms with Crippen LogP contribution in [0.5, 0.6) is 0 Å². The number of nitrogens with zero attached hydrogens (tertiary/aromatic N) is 1. The van der Waals surface area contributed by atoms with Crippen molar-refractivity contribution in [3.63, 3.8) is 0 Å². The maximum atomic E-state index is 12.1. The van der Waals surface area contributed by atoms with Gasteiger partial charge in [-0.3, -0.25) is 0 Å². The van der Waals surface area contributed by atoms with Gasteiger partial charge < -0.3 is 5.73 Å². The van der Waals surface area contributed by atoms with Gasteiger partial charge in [0.15, 0.2) is 0 Å². The predicted octanol–water partition coefficient (Wildman–Crippen LogP) is 1.35. The van der Waals surface area contributed by atoms with E-state index in [0.717, 1.165) is 18.4 Å². The van der Waals surface area contributed by atoms with Crippen LogP contribution in [0.3, 0.4) is 0 Å². The third-order valence-electron chi connectivity index (χ3n) is 2.86. The minimum absolute atomic E-state index is 0. The van der Waals surface area contributed by atoms with Crippen LogP contribution < -0.4 is 5.73 Å². The Labute approximate surface area is 108 Å². The molecule has 0 unspecified atom stereocenters. The van der Waals surface area contributed by atoms with E-state index >= 15 is 0 Å². The van der Waals surface area contributed by atoms with Gasteiger partial charge in [-0.1, -0.05) is 12.1 Å². The quantitative estimate of drug-likeness (QED) is 0.906. The summed E-state index contributed by atoms with van der Waals surface area (Å²) >= 11 is 0. The molecule has 1 heterocycles. The van der Waals surface area contributed by atoms with Crippen LogP contribution in [0.15, 0.2) is 29.2 Å². The van der Waals surface area contributed by atoms with Crippen molar-refractivity contribution in [2.75, 3.05) is 13.1 Å². The molecule has 1 aliphatic rings. The van der Waals surface area contributed by atoms with Crippen LogP contribution >= 0.6 is 12.4 Å². The first kappa shape index (κ1) is 14.4. The maximum absolute atomic E-state index is 12.1. The third kappa shape index (κ3) is 2.98. The van der Waals surface area contributed by atoms with Crippen molar-refractivity contribution in [2.45, 2.75) is 24.3 Å². The van der Waals surface area contributed by atoms with Gasteiger partial charge in [0.2, 0.25) is 10.0 Å². The molecule has 4 nitrogen and oxygen atoms in total. The summed E-state index contributed by atoms with van der Waals surface area (Å²) < 4.78 is 25.8. The highest BCUT2D eigenvalue weighted by Crippen LogP contribution is 2.20. The van der Waals surface area contributed by atoms with Crippen LogP contribution in [0.4, 0.5) is 0 Å². The molecule has 1 aromatic rings. The van der Waals surface area contributed by atoms with Crippen molar-refractivity contribution in [2.24, 2.45) is 5.73 Å². The minimum atomic E-state index is -3.27. The van der Waals surface area contributed by atoms with Crippen LogP contribution in [-0.2, 0) is 16.6 Å². The molecule has 17 heavy (non-hydrogen) atoms. The average Bonchev–Trinajstić information content (AvgIpc) is 2.83. The molecular formula is C11H17ClN2O2S. The van der Waals surface area contributed by atoms with Gasteiger partial charge in [-0.15, -0.1) is 12.4 Å². The van der Waals surface area contributed by atoms with Crippen molar-refractivity contribution in [3.05, 3.63) is 29.8 Å². The molecule has 6 heteroatoms. The molecule has 0 aliphatic carbocycles. The molecule has 96 valence electrons. The third-order valence-corrected chi connectivity index (χ3v) is 4.77. The highest BCUT2D eigenvalue weighted by molar-refractivity contribution is 7.89. The van der Waals surface area contributed by atoms with Crippen LogP contribution in [0.1, 0.15) is 18.4 Å². The van der Waals surface area contributed by atoms with E-state index < -0.39 is 10.0 Å². The molecule has 0 spiro atoms. The second-order valence-corrected chi connectivity index (χ2v) is 5.90. The first-order chi connectivity index (χ1) is 7.64. The van der Waals surface area contributed by atoms with E-state index in [1.807, 2.05) is 0 Å². The fourth-order valence-corrected chi connectivity index (χ4v) is 3.39. The van der Waals surface area contributed by atoms with E-state index in [1.54, 1.807) is 28.6 Å². The molecule has 0 saturated carbocycles. The monoisotopic (exact) mass is 276 g/mol. The lowest BCUT2D eigenvalue weighted by atomic mass is 10.2. The lowest BCUT2D eigenvalue weighted by molar-refractivity contribution is 0.477. The smallest absolute Gasteiger partial charge is 0.243 e. The lowest BCUT2D eigenvalue weighted by Crippen LogP contribution is -2.27. The number of hydrogen-bond acceptors (Lipinski definition) is 3. The summed E-state index contributed by atoms with van der Waals surface area (Å²) in [7, 11) is -3.27. The normalized spacial score (nSPS) is 16.8.